The highest BCUT2D eigenvalue weighted by molar-refractivity contribution is 5.69. The average Bonchev–Trinajstić information content (AvgIpc) is 3.02. The number of carboxylic acid groups (broad SMARTS) is 1. The zero-order valence-corrected chi connectivity index (χ0v) is 12.7. The molecular weight excluding hydrogens is 248 g/mol. The van der Waals surface area contributed by atoms with Crippen LogP contribution in [0.1, 0.15) is 77.0 Å². The summed E-state index contributed by atoms with van der Waals surface area (Å²) < 4.78 is 0. The summed E-state index contributed by atoms with van der Waals surface area (Å²) in [6, 6.07) is 0. The second kappa shape index (κ2) is 6.49. The van der Waals surface area contributed by atoms with Crippen LogP contribution in [0.25, 0.3) is 0 Å². The van der Waals surface area contributed by atoms with Gasteiger partial charge in [-0.2, -0.15) is 0 Å². The van der Waals surface area contributed by atoms with E-state index in [1.54, 1.807) is 0 Å². The quantitative estimate of drug-likeness (QED) is 0.799. The van der Waals surface area contributed by atoms with Crippen LogP contribution < -0.4 is 0 Å². The maximum Gasteiger partial charge on any atom is 0.306 e. The summed E-state index contributed by atoms with van der Waals surface area (Å²) in [5.41, 5.74) is 0. The summed E-state index contributed by atoms with van der Waals surface area (Å²) >= 11 is 0. The molecule has 3 rings (SSSR count). The van der Waals surface area contributed by atoms with Crippen molar-refractivity contribution in [3.8, 4) is 0 Å². The van der Waals surface area contributed by atoms with Crippen LogP contribution in [0.4, 0.5) is 0 Å². The molecule has 0 aliphatic heterocycles. The van der Waals surface area contributed by atoms with Gasteiger partial charge < -0.3 is 5.11 Å². The number of aliphatic carboxylic acids is 1. The standard InChI is InChI=1S/C18H30O2/c19-18(20)17-11-9-16(10-12-17)15-7-5-14(6-8-15)13-3-1-2-4-13/h13-17H,1-12H2,(H,19,20). The van der Waals surface area contributed by atoms with Crippen molar-refractivity contribution in [1.29, 1.82) is 0 Å². The van der Waals surface area contributed by atoms with E-state index in [0.717, 1.165) is 36.5 Å². The molecule has 0 saturated heterocycles. The Hall–Kier alpha value is -0.530. The Morgan fingerprint density at radius 3 is 1.35 bits per heavy atom. The highest BCUT2D eigenvalue weighted by atomic mass is 16.4. The van der Waals surface area contributed by atoms with Crippen molar-refractivity contribution in [2.75, 3.05) is 0 Å². The Morgan fingerprint density at radius 1 is 0.600 bits per heavy atom. The molecule has 0 bridgehead atoms. The molecule has 114 valence electrons. The minimum atomic E-state index is -0.562. The number of carbonyl (C=O) groups is 1. The highest BCUT2D eigenvalue weighted by Gasteiger charge is 2.35. The second-order valence-corrected chi connectivity index (χ2v) is 7.67. The highest BCUT2D eigenvalue weighted by Crippen LogP contribution is 2.45. The van der Waals surface area contributed by atoms with Gasteiger partial charge in [0.15, 0.2) is 0 Å². The van der Waals surface area contributed by atoms with Crippen molar-refractivity contribution < 1.29 is 9.90 Å². The van der Waals surface area contributed by atoms with Crippen LogP contribution in [0.5, 0.6) is 0 Å². The Bertz CT molecular complexity index is 316. The molecule has 2 heteroatoms. The fraction of sp³-hybridized carbons (Fsp3) is 0.944. The van der Waals surface area contributed by atoms with E-state index >= 15 is 0 Å². The number of rotatable bonds is 3. The van der Waals surface area contributed by atoms with Crippen LogP contribution in [-0.2, 0) is 4.79 Å². The number of hydrogen-bond donors (Lipinski definition) is 1. The third-order valence-corrected chi connectivity index (χ3v) is 6.67. The van der Waals surface area contributed by atoms with Gasteiger partial charge in [-0.1, -0.05) is 25.7 Å². The molecule has 3 aliphatic rings. The second-order valence-electron chi connectivity index (χ2n) is 7.67. The lowest BCUT2D eigenvalue weighted by Gasteiger charge is -2.38. The SMILES string of the molecule is O=C(O)C1CCC(C2CCC(C3CCCC3)CC2)CC1. The zero-order chi connectivity index (χ0) is 13.9. The molecule has 3 aliphatic carbocycles. The van der Waals surface area contributed by atoms with E-state index < -0.39 is 5.97 Å². The Balaban J connectivity index is 1.43. The molecule has 0 atom stereocenters. The molecule has 0 radical (unpaired) electrons. The molecule has 0 aromatic carbocycles. The van der Waals surface area contributed by atoms with Gasteiger partial charge in [0, 0.05) is 0 Å². The molecule has 3 saturated carbocycles. The Morgan fingerprint density at radius 2 is 0.950 bits per heavy atom. The van der Waals surface area contributed by atoms with Crippen molar-refractivity contribution in [2.24, 2.45) is 29.6 Å². The normalized spacial score (nSPS) is 39.8. The van der Waals surface area contributed by atoms with Crippen LogP contribution in [0.2, 0.25) is 0 Å². The van der Waals surface area contributed by atoms with E-state index in [0.29, 0.717) is 0 Å². The van der Waals surface area contributed by atoms with Gasteiger partial charge in [0.2, 0.25) is 0 Å². The first-order valence-electron chi connectivity index (χ1n) is 8.97. The summed E-state index contributed by atoms with van der Waals surface area (Å²) in [4.78, 5) is 11.0. The third kappa shape index (κ3) is 3.20. The minimum absolute atomic E-state index is 0.0407. The molecule has 0 aromatic rings. The van der Waals surface area contributed by atoms with Crippen LogP contribution in [-0.4, -0.2) is 11.1 Å². The fourth-order valence-electron chi connectivity index (χ4n) is 5.35. The third-order valence-electron chi connectivity index (χ3n) is 6.67. The maximum absolute atomic E-state index is 11.0. The molecule has 0 aromatic heterocycles. The first-order valence-corrected chi connectivity index (χ1v) is 8.97. The summed E-state index contributed by atoms with van der Waals surface area (Å²) in [6.45, 7) is 0. The molecule has 3 fully saturated rings. The molecule has 0 unspecified atom stereocenters. The fourth-order valence-corrected chi connectivity index (χ4v) is 5.35. The van der Waals surface area contributed by atoms with E-state index in [2.05, 4.69) is 0 Å². The Labute approximate surface area is 123 Å². The van der Waals surface area contributed by atoms with E-state index in [9.17, 15) is 4.79 Å². The van der Waals surface area contributed by atoms with Crippen LogP contribution in [0, 0.1) is 29.6 Å². The van der Waals surface area contributed by atoms with Crippen molar-refractivity contribution in [3.05, 3.63) is 0 Å². The van der Waals surface area contributed by atoms with E-state index in [1.807, 2.05) is 0 Å². The summed E-state index contributed by atoms with van der Waals surface area (Å²) in [5.74, 6) is 3.25. The minimum Gasteiger partial charge on any atom is -0.481 e. The van der Waals surface area contributed by atoms with Gasteiger partial charge in [-0.05, 0) is 75.0 Å². The largest absolute Gasteiger partial charge is 0.481 e. The number of carboxylic acids is 1. The monoisotopic (exact) mass is 278 g/mol. The van der Waals surface area contributed by atoms with Gasteiger partial charge in [-0.25, -0.2) is 0 Å². The molecule has 0 heterocycles. The molecule has 20 heavy (non-hydrogen) atoms. The molecular formula is C18H30O2. The van der Waals surface area contributed by atoms with E-state index in [4.69, 9.17) is 5.11 Å². The van der Waals surface area contributed by atoms with Gasteiger partial charge in [-0.3, -0.25) is 4.79 Å². The summed E-state index contributed by atoms with van der Waals surface area (Å²) in [7, 11) is 0. The topological polar surface area (TPSA) is 37.3 Å². The van der Waals surface area contributed by atoms with E-state index in [-0.39, 0.29) is 5.92 Å². The predicted molar refractivity (Wildman–Crippen MR) is 80.5 cm³/mol. The van der Waals surface area contributed by atoms with Gasteiger partial charge in [-0.15, -0.1) is 0 Å². The summed E-state index contributed by atoms with van der Waals surface area (Å²) in [5, 5.41) is 9.09. The lowest BCUT2D eigenvalue weighted by Crippen LogP contribution is -2.29. The van der Waals surface area contributed by atoms with Gasteiger partial charge in [0.05, 0.1) is 5.92 Å². The molecule has 2 nitrogen and oxygen atoms in total. The smallest absolute Gasteiger partial charge is 0.306 e. The molecule has 0 amide bonds. The predicted octanol–water partition coefficient (Wildman–Crippen LogP) is 4.87. The Kier molecular flexibility index (Phi) is 4.68. The molecule has 1 N–H and O–H groups in total. The summed E-state index contributed by atoms with van der Waals surface area (Å²) in [6.07, 6.45) is 16.0. The lowest BCUT2D eigenvalue weighted by atomic mass is 9.67. The van der Waals surface area contributed by atoms with Crippen molar-refractivity contribution in [1.82, 2.24) is 0 Å². The number of hydrogen-bond acceptors (Lipinski definition) is 1. The van der Waals surface area contributed by atoms with Gasteiger partial charge in [0.1, 0.15) is 0 Å². The lowest BCUT2D eigenvalue weighted by molar-refractivity contribution is -0.143. The first-order chi connectivity index (χ1) is 9.74. The zero-order valence-electron chi connectivity index (χ0n) is 12.7. The average molecular weight is 278 g/mol. The van der Waals surface area contributed by atoms with Gasteiger partial charge >= 0.3 is 5.97 Å². The first kappa shape index (κ1) is 14.4. The van der Waals surface area contributed by atoms with Crippen LogP contribution in [0.15, 0.2) is 0 Å². The van der Waals surface area contributed by atoms with Crippen molar-refractivity contribution >= 4 is 5.97 Å². The van der Waals surface area contributed by atoms with Gasteiger partial charge in [0.25, 0.3) is 0 Å². The van der Waals surface area contributed by atoms with E-state index in [1.165, 1.54) is 64.2 Å². The van der Waals surface area contributed by atoms with Crippen LogP contribution in [0.3, 0.4) is 0 Å². The molecule has 0 spiro atoms. The van der Waals surface area contributed by atoms with Crippen LogP contribution >= 0.6 is 0 Å². The maximum atomic E-state index is 11.0. The van der Waals surface area contributed by atoms with Crippen molar-refractivity contribution in [2.45, 2.75) is 77.0 Å². The van der Waals surface area contributed by atoms with Crippen molar-refractivity contribution in [3.63, 3.8) is 0 Å².